The van der Waals surface area contributed by atoms with Gasteiger partial charge in [-0.1, -0.05) is 0 Å². The van der Waals surface area contributed by atoms with Gasteiger partial charge in [0.15, 0.2) is 0 Å². The first-order valence-corrected chi connectivity index (χ1v) is 4.79. The van der Waals surface area contributed by atoms with Crippen molar-refractivity contribution >= 4 is 31.9 Å². The molecule has 1 aromatic heterocycles. The van der Waals surface area contributed by atoms with Gasteiger partial charge in [0.25, 0.3) is 0 Å². The van der Waals surface area contributed by atoms with Crippen molar-refractivity contribution in [1.29, 1.82) is 0 Å². The summed E-state index contributed by atoms with van der Waals surface area (Å²) in [5, 5.41) is 4.11. The molecule has 0 aromatic carbocycles. The molecule has 0 bridgehead atoms. The van der Waals surface area contributed by atoms with Crippen LogP contribution in [0.1, 0.15) is 6.92 Å². The normalized spacial score (nSPS) is 10.5. The van der Waals surface area contributed by atoms with Gasteiger partial charge in [0.05, 0.1) is 0 Å². The molecule has 0 fully saturated rings. The standard InChI is InChI=1S/C6H8Br2N2O/c1-2-11-4-10-6(8)3-5(7)9-10/h3H,2,4H2,1H3. The highest BCUT2D eigenvalue weighted by Gasteiger charge is 2.01. The minimum absolute atomic E-state index is 0.489. The zero-order chi connectivity index (χ0) is 8.27. The zero-order valence-electron chi connectivity index (χ0n) is 6.05. The third-order valence-electron chi connectivity index (χ3n) is 1.12. The molecule has 5 heteroatoms. The maximum atomic E-state index is 5.16. The predicted octanol–water partition coefficient (Wildman–Crippen LogP) is 2.40. The lowest BCUT2D eigenvalue weighted by molar-refractivity contribution is 0.0773. The summed E-state index contributed by atoms with van der Waals surface area (Å²) in [7, 11) is 0. The first kappa shape index (κ1) is 9.22. The SMILES string of the molecule is CCOCn1nc(Br)cc1Br. The minimum atomic E-state index is 0.489. The van der Waals surface area contributed by atoms with Gasteiger partial charge < -0.3 is 4.74 Å². The lowest BCUT2D eigenvalue weighted by Gasteiger charge is -2.01. The van der Waals surface area contributed by atoms with Gasteiger partial charge in [-0.05, 0) is 38.8 Å². The van der Waals surface area contributed by atoms with Crippen LogP contribution in [-0.2, 0) is 11.5 Å². The molecule has 62 valence electrons. The van der Waals surface area contributed by atoms with E-state index in [1.54, 1.807) is 4.68 Å². The minimum Gasteiger partial charge on any atom is -0.359 e. The molecule has 1 aromatic rings. The summed E-state index contributed by atoms with van der Waals surface area (Å²) in [6.07, 6.45) is 0. The summed E-state index contributed by atoms with van der Waals surface area (Å²) >= 11 is 6.60. The van der Waals surface area contributed by atoms with Crippen LogP contribution < -0.4 is 0 Å². The van der Waals surface area contributed by atoms with Crippen molar-refractivity contribution in [1.82, 2.24) is 9.78 Å². The van der Waals surface area contributed by atoms with E-state index in [1.165, 1.54) is 0 Å². The van der Waals surface area contributed by atoms with Crippen molar-refractivity contribution in [3.05, 3.63) is 15.3 Å². The fraction of sp³-hybridized carbons (Fsp3) is 0.500. The van der Waals surface area contributed by atoms with Crippen LogP contribution in [0.25, 0.3) is 0 Å². The van der Waals surface area contributed by atoms with E-state index in [4.69, 9.17) is 4.74 Å². The molecule has 0 unspecified atom stereocenters. The van der Waals surface area contributed by atoms with E-state index in [9.17, 15) is 0 Å². The van der Waals surface area contributed by atoms with Gasteiger partial charge in [0.2, 0.25) is 0 Å². The quantitative estimate of drug-likeness (QED) is 0.852. The zero-order valence-corrected chi connectivity index (χ0v) is 9.22. The average Bonchev–Trinajstić information content (AvgIpc) is 2.26. The van der Waals surface area contributed by atoms with Gasteiger partial charge in [-0.2, -0.15) is 5.10 Å². The molecular weight excluding hydrogens is 276 g/mol. The van der Waals surface area contributed by atoms with Crippen LogP contribution in [0.3, 0.4) is 0 Å². The molecule has 0 N–H and O–H groups in total. The second kappa shape index (κ2) is 4.23. The molecule has 1 heterocycles. The first-order chi connectivity index (χ1) is 5.24. The molecule has 0 saturated heterocycles. The van der Waals surface area contributed by atoms with E-state index in [0.717, 1.165) is 9.21 Å². The Hall–Kier alpha value is 0.130. The van der Waals surface area contributed by atoms with E-state index in [2.05, 4.69) is 37.0 Å². The Morgan fingerprint density at radius 1 is 1.64 bits per heavy atom. The van der Waals surface area contributed by atoms with Crippen molar-refractivity contribution in [3.8, 4) is 0 Å². The second-order valence-electron chi connectivity index (χ2n) is 1.91. The van der Waals surface area contributed by atoms with Crippen LogP contribution in [0.5, 0.6) is 0 Å². The van der Waals surface area contributed by atoms with Crippen LogP contribution in [0.2, 0.25) is 0 Å². The van der Waals surface area contributed by atoms with Crippen molar-refractivity contribution in [2.24, 2.45) is 0 Å². The van der Waals surface area contributed by atoms with Gasteiger partial charge in [-0.25, -0.2) is 4.68 Å². The second-order valence-corrected chi connectivity index (χ2v) is 3.54. The van der Waals surface area contributed by atoms with Gasteiger partial charge in [-0.3, -0.25) is 0 Å². The number of hydrogen-bond donors (Lipinski definition) is 0. The highest BCUT2D eigenvalue weighted by atomic mass is 79.9. The first-order valence-electron chi connectivity index (χ1n) is 3.20. The smallest absolute Gasteiger partial charge is 0.140 e. The van der Waals surface area contributed by atoms with Crippen molar-refractivity contribution in [3.63, 3.8) is 0 Å². The summed E-state index contributed by atoms with van der Waals surface area (Å²) in [5.41, 5.74) is 0. The van der Waals surface area contributed by atoms with Crippen molar-refractivity contribution in [2.45, 2.75) is 13.7 Å². The van der Waals surface area contributed by atoms with E-state index in [0.29, 0.717) is 13.3 Å². The number of nitrogens with zero attached hydrogens (tertiary/aromatic N) is 2. The third-order valence-corrected chi connectivity index (χ3v) is 2.14. The van der Waals surface area contributed by atoms with Gasteiger partial charge in [0.1, 0.15) is 15.9 Å². The van der Waals surface area contributed by atoms with Crippen molar-refractivity contribution in [2.75, 3.05) is 6.61 Å². The van der Waals surface area contributed by atoms with Crippen LogP contribution in [0, 0.1) is 0 Å². The van der Waals surface area contributed by atoms with E-state index in [1.807, 2.05) is 13.0 Å². The number of rotatable bonds is 3. The Kier molecular flexibility index (Phi) is 3.54. The van der Waals surface area contributed by atoms with Crippen LogP contribution in [0.4, 0.5) is 0 Å². The largest absolute Gasteiger partial charge is 0.359 e. The Morgan fingerprint density at radius 3 is 2.82 bits per heavy atom. The summed E-state index contributed by atoms with van der Waals surface area (Å²) in [5.74, 6) is 0. The van der Waals surface area contributed by atoms with Gasteiger partial charge >= 0.3 is 0 Å². The lowest BCUT2D eigenvalue weighted by atomic mass is 10.7. The molecule has 0 atom stereocenters. The topological polar surface area (TPSA) is 27.1 Å². The molecule has 0 saturated carbocycles. The Labute approximate surface area is 82.0 Å². The van der Waals surface area contributed by atoms with Gasteiger partial charge in [0, 0.05) is 12.7 Å². The summed E-state index contributed by atoms with van der Waals surface area (Å²) in [6, 6.07) is 1.87. The maximum absolute atomic E-state index is 5.16. The Morgan fingerprint density at radius 2 is 2.36 bits per heavy atom. The molecular formula is C6H8Br2N2O. The molecule has 3 nitrogen and oxygen atoms in total. The predicted molar refractivity (Wildman–Crippen MR) is 49.3 cm³/mol. The summed E-state index contributed by atoms with van der Waals surface area (Å²) < 4.78 is 8.62. The van der Waals surface area contributed by atoms with E-state index >= 15 is 0 Å². The summed E-state index contributed by atoms with van der Waals surface area (Å²) in [4.78, 5) is 0. The number of halogens is 2. The monoisotopic (exact) mass is 282 g/mol. The fourth-order valence-electron chi connectivity index (χ4n) is 0.633. The third kappa shape index (κ3) is 2.57. The Balaban J connectivity index is 2.62. The number of aromatic nitrogens is 2. The van der Waals surface area contributed by atoms with Crippen LogP contribution in [0.15, 0.2) is 15.3 Å². The van der Waals surface area contributed by atoms with E-state index in [-0.39, 0.29) is 0 Å². The van der Waals surface area contributed by atoms with E-state index < -0.39 is 0 Å². The number of ether oxygens (including phenoxy) is 1. The van der Waals surface area contributed by atoms with Crippen LogP contribution in [-0.4, -0.2) is 16.4 Å². The lowest BCUT2D eigenvalue weighted by Crippen LogP contribution is -2.03. The summed E-state index contributed by atoms with van der Waals surface area (Å²) in [6.45, 7) is 3.14. The molecule has 0 radical (unpaired) electrons. The molecule has 1 rings (SSSR count). The molecule has 0 aliphatic rings. The highest BCUT2D eigenvalue weighted by molar-refractivity contribution is 9.11. The molecule has 11 heavy (non-hydrogen) atoms. The number of hydrogen-bond acceptors (Lipinski definition) is 2. The molecule has 0 aliphatic heterocycles. The molecule has 0 spiro atoms. The van der Waals surface area contributed by atoms with Crippen LogP contribution >= 0.6 is 31.9 Å². The maximum Gasteiger partial charge on any atom is 0.140 e. The average molecular weight is 284 g/mol. The Bertz CT molecular complexity index is 236. The fourth-order valence-corrected chi connectivity index (χ4v) is 1.75. The molecule has 0 aliphatic carbocycles. The molecule has 0 amide bonds. The highest BCUT2D eigenvalue weighted by Crippen LogP contribution is 2.15. The van der Waals surface area contributed by atoms with Crippen molar-refractivity contribution < 1.29 is 4.74 Å². The van der Waals surface area contributed by atoms with Gasteiger partial charge in [-0.15, -0.1) is 0 Å².